The van der Waals surface area contributed by atoms with Crippen molar-refractivity contribution in [2.24, 2.45) is 0 Å². The molecular formula is C8H9N3O3. The predicted octanol–water partition coefficient (Wildman–Crippen LogP) is -0.0218. The second-order valence-corrected chi connectivity index (χ2v) is 2.30. The largest absolute Gasteiger partial charge is 0.459 e. The van der Waals surface area contributed by atoms with E-state index in [1.54, 1.807) is 6.92 Å². The summed E-state index contributed by atoms with van der Waals surface area (Å²) in [6.45, 7) is 1.79. The molecule has 6 nitrogen and oxygen atoms in total. The van der Waals surface area contributed by atoms with Crippen LogP contribution in [0.3, 0.4) is 0 Å². The van der Waals surface area contributed by atoms with Crippen molar-refractivity contribution in [3.05, 3.63) is 18.7 Å². The molecule has 6 heteroatoms. The van der Waals surface area contributed by atoms with E-state index in [2.05, 4.69) is 20.0 Å². The molecule has 0 atom stereocenters. The van der Waals surface area contributed by atoms with Gasteiger partial charge in [-0.3, -0.25) is 4.79 Å². The van der Waals surface area contributed by atoms with Crippen LogP contribution in [-0.4, -0.2) is 28.5 Å². The molecule has 1 rings (SSSR count). The van der Waals surface area contributed by atoms with Crippen molar-refractivity contribution in [2.45, 2.75) is 6.92 Å². The summed E-state index contributed by atoms with van der Waals surface area (Å²) < 4.78 is 4.48. The maximum Gasteiger partial charge on any atom is 0.397 e. The highest BCUT2D eigenvalue weighted by molar-refractivity contribution is 6.37. The molecule has 14 heavy (non-hydrogen) atoms. The van der Waals surface area contributed by atoms with Crippen LogP contribution < -0.4 is 5.32 Å². The lowest BCUT2D eigenvalue weighted by Gasteiger charge is -2.02. The van der Waals surface area contributed by atoms with E-state index in [-0.39, 0.29) is 6.61 Å². The summed E-state index contributed by atoms with van der Waals surface area (Å²) in [5.41, 5.74) is 0.352. The van der Waals surface area contributed by atoms with E-state index in [1.807, 2.05) is 0 Å². The standard InChI is InChI=1S/C8H9N3O3/c1-2-14-8(13)7(12)11-6-3-9-5-10-4-6/h3-5H,2H2,1H3,(H,11,12). The van der Waals surface area contributed by atoms with Crippen LogP contribution in [-0.2, 0) is 14.3 Å². The van der Waals surface area contributed by atoms with Crippen molar-refractivity contribution in [3.8, 4) is 0 Å². The fourth-order valence-corrected chi connectivity index (χ4v) is 0.742. The number of nitrogens with zero attached hydrogens (tertiary/aromatic N) is 2. The van der Waals surface area contributed by atoms with Gasteiger partial charge in [0.1, 0.15) is 6.33 Å². The Labute approximate surface area is 80.3 Å². The van der Waals surface area contributed by atoms with Gasteiger partial charge in [0, 0.05) is 0 Å². The molecule has 0 saturated carbocycles. The van der Waals surface area contributed by atoms with E-state index in [0.29, 0.717) is 5.69 Å². The minimum Gasteiger partial charge on any atom is -0.459 e. The number of aromatic nitrogens is 2. The Bertz CT molecular complexity index is 326. The van der Waals surface area contributed by atoms with Gasteiger partial charge >= 0.3 is 11.9 Å². The molecule has 0 fully saturated rings. The summed E-state index contributed by atoms with van der Waals surface area (Å²) in [5, 5.41) is 2.29. The van der Waals surface area contributed by atoms with Crippen LogP contribution in [0.1, 0.15) is 6.92 Å². The first-order valence-electron chi connectivity index (χ1n) is 3.97. The summed E-state index contributed by atoms with van der Waals surface area (Å²) in [4.78, 5) is 29.3. The highest BCUT2D eigenvalue weighted by Crippen LogP contribution is 1.99. The molecule has 0 spiro atoms. The Balaban J connectivity index is 2.53. The van der Waals surface area contributed by atoms with Crippen molar-refractivity contribution in [1.82, 2.24) is 9.97 Å². The van der Waals surface area contributed by atoms with Gasteiger partial charge in [0.2, 0.25) is 0 Å². The summed E-state index contributed by atoms with van der Waals surface area (Å²) >= 11 is 0. The maximum absolute atomic E-state index is 11.1. The van der Waals surface area contributed by atoms with Gasteiger partial charge in [-0.05, 0) is 6.92 Å². The summed E-state index contributed by atoms with van der Waals surface area (Å²) in [6.07, 6.45) is 4.08. The monoisotopic (exact) mass is 195 g/mol. The molecule has 0 unspecified atom stereocenters. The molecule has 1 amide bonds. The lowest BCUT2D eigenvalue weighted by atomic mass is 10.5. The van der Waals surface area contributed by atoms with Gasteiger partial charge in [-0.15, -0.1) is 0 Å². The SMILES string of the molecule is CCOC(=O)C(=O)Nc1cncnc1. The topological polar surface area (TPSA) is 81.2 Å². The molecule has 0 radical (unpaired) electrons. The van der Waals surface area contributed by atoms with Crippen molar-refractivity contribution >= 4 is 17.6 Å². The molecule has 0 aliphatic rings. The Morgan fingerprint density at radius 2 is 2.07 bits per heavy atom. The molecule has 1 N–H and O–H groups in total. The number of anilines is 1. The normalized spacial score (nSPS) is 9.21. The summed E-state index contributed by atoms with van der Waals surface area (Å²) in [7, 11) is 0. The maximum atomic E-state index is 11.1. The van der Waals surface area contributed by atoms with Gasteiger partial charge in [-0.25, -0.2) is 14.8 Å². The number of nitrogens with one attached hydrogen (secondary N) is 1. The van der Waals surface area contributed by atoms with Crippen LogP contribution in [0.2, 0.25) is 0 Å². The van der Waals surface area contributed by atoms with E-state index in [4.69, 9.17) is 0 Å². The zero-order valence-electron chi connectivity index (χ0n) is 7.56. The molecule has 74 valence electrons. The van der Waals surface area contributed by atoms with E-state index >= 15 is 0 Å². The Hall–Kier alpha value is -1.98. The van der Waals surface area contributed by atoms with Crippen LogP contribution in [0.5, 0.6) is 0 Å². The number of hydrogen-bond donors (Lipinski definition) is 1. The molecule has 0 bridgehead atoms. The van der Waals surface area contributed by atoms with Gasteiger partial charge in [0.15, 0.2) is 0 Å². The van der Waals surface area contributed by atoms with Gasteiger partial charge in [-0.2, -0.15) is 0 Å². The van der Waals surface area contributed by atoms with Gasteiger partial charge < -0.3 is 10.1 Å². The third-order valence-electron chi connectivity index (χ3n) is 1.28. The fraction of sp³-hybridized carbons (Fsp3) is 0.250. The number of esters is 1. The van der Waals surface area contributed by atoms with Crippen LogP contribution in [0.4, 0.5) is 5.69 Å². The lowest BCUT2D eigenvalue weighted by molar-refractivity contribution is -0.152. The highest BCUT2D eigenvalue weighted by atomic mass is 16.5. The van der Waals surface area contributed by atoms with E-state index in [1.165, 1.54) is 18.7 Å². The molecule has 0 aliphatic carbocycles. The van der Waals surface area contributed by atoms with Crippen molar-refractivity contribution in [3.63, 3.8) is 0 Å². The minimum absolute atomic E-state index is 0.164. The van der Waals surface area contributed by atoms with Crippen LogP contribution in [0.25, 0.3) is 0 Å². The third-order valence-corrected chi connectivity index (χ3v) is 1.28. The molecule has 1 heterocycles. The van der Waals surface area contributed by atoms with Crippen LogP contribution in [0.15, 0.2) is 18.7 Å². The van der Waals surface area contributed by atoms with Gasteiger partial charge in [-0.1, -0.05) is 0 Å². The quantitative estimate of drug-likeness (QED) is 0.529. The van der Waals surface area contributed by atoms with Crippen LogP contribution >= 0.6 is 0 Å². The number of hydrogen-bond acceptors (Lipinski definition) is 5. The number of rotatable bonds is 2. The second-order valence-electron chi connectivity index (χ2n) is 2.30. The summed E-state index contributed by atoms with van der Waals surface area (Å²) in [6, 6.07) is 0. The molecule has 1 aromatic heterocycles. The fourth-order valence-electron chi connectivity index (χ4n) is 0.742. The van der Waals surface area contributed by atoms with Gasteiger partial charge in [0.05, 0.1) is 24.7 Å². The average molecular weight is 195 g/mol. The number of carbonyl (C=O) groups excluding carboxylic acids is 2. The van der Waals surface area contributed by atoms with E-state index in [9.17, 15) is 9.59 Å². The molecule has 1 aromatic rings. The average Bonchev–Trinajstić information content (AvgIpc) is 2.19. The first-order valence-corrected chi connectivity index (χ1v) is 3.97. The number of ether oxygens (including phenoxy) is 1. The van der Waals surface area contributed by atoms with E-state index in [0.717, 1.165) is 0 Å². The highest BCUT2D eigenvalue weighted by Gasteiger charge is 2.14. The van der Waals surface area contributed by atoms with Gasteiger partial charge in [0.25, 0.3) is 0 Å². The molecular weight excluding hydrogens is 186 g/mol. The Kier molecular flexibility index (Phi) is 3.54. The zero-order chi connectivity index (χ0) is 10.4. The first-order chi connectivity index (χ1) is 6.74. The Morgan fingerprint density at radius 1 is 1.43 bits per heavy atom. The second kappa shape index (κ2) is 4.90. The molecule has 0 saturated heterocycles. The zero-order valence-corrected chi connectivity index (χ0v) is 7.56. The first kappa shape index (κ1) is 10.1. The van der Waals surface area contributed by atoms with Crippen molar-refractivity contribution < 1.29 is 14.3 Å². The smallest absolute Gasteiger partial charge is 0.397 e. The minimum atomic E-state index is -0.920. The Morgan fingerprint density at radius 3 is 2.64 bits per heavy atom. The van der Waals surface area contributed by atoms with Crippen molar-refractivity contribution in [2.75, 3.05) is 11.9 Å². The number of carbonyl (C=O) groups is 2. The lowest BCUT2D eigenvalue weighted by Crippen LogP contribution is -2.25. The molecule has 0 aromatic carbocycles. The number of amides is 1. The predicted molar refractivity (Wildman–Crippen MR) is 47.3 cm³/mol. The summed E-state index contributed by atoms with van der Waals surface area (Å²) in [5.74, 6) is -1.75. The van der Waals surface area contributed by atoms with Crippen molar-refractivity contribution in [1.29, 1.82) is 0 Å². The van der Waals surface area contributed by atoms with Crippen LogP contribution in [0, 0.1) is 0 Å². The molecule has 0 aliphatic heterocycles. The third kappa shape index (κ3) is 2.81. The van der Waals surface area contributed by atoms with E-state index < -0.39 is 11.9 Å².